The van der Waals surface area contributed by atoms with Gasteiger partial charge >= 0.3 is 0 Å². The number of aryl methyl sites for hydroxylation is 2. The van der Waals surface area contributed by atoms with Gasteiger partial charge in [-0.2, -0.15) is 0 Å². The number of thiazole rings is 1. The molecule has 0 saturated heterocycles. The van der Waals surface area contributed by atoms with Crippen LogP contribution in [0.25, 0.3) is 0 Å². The van der Waals surface area contributed by atoms with Crippen molar-refractivity contribution >= 4 is 23.2 Å². The summed E-state index contributed by atoms with van der Waals surface area (Å²) in [5.74, 6) is 0.629. The molecule has 0 spiro atoms. The number of aliphatic imine (C=N–C) groups is 1. The lowest BCUT2D eigenvalue weighted by molar-refractivity contribution is -0.119. The van der Waals surface area contributed by atoms with Gasteiger partial charge in [0.15, 0.2) is 5.96 Å². The highest BCUT2D eigenvalue weighted by Gasteiger charge is 2.22. The molecule has 0 atom stereocenters. The number of rotatable bonds is 6. The van der Waals surface area contributed by atoms with Crippen molar-refractivity contribution in [1.29, 1.82) is 0 Å². The van der Waals surface area contributed by atoms with Crippen LogP contribution in [0.5, 0.6) is 0 Å². The number of carbonyl (C=O) groups excluding carboxylic acids is 1. The van der Waals surface area contributed by atoms with E-state index < -0.39 is 0 Å². The fourth-order valence-corrected chi connectivity index (χ4v) is 2.64. The Bertz CT molecular complexity index is 502. The third-order valence-corrected chi connectivity index (χ3v) is 4.22. The first-order valence-corrected chi connectivity index (χ1v) is 8.14. The van der Waals surface area contributed by atoms with Gasteiger partial charge in [-0.1, -0.05) is 0 Å². The zero-order valence-corrected chi connectivity index (χ0v) is 13.6. The van der Waals surface area contributed by atoms with Gasteiger partial charge in [0, 0.05) is 17.5 Å². The summed E-state index contributed by atoms with van der Waals surface area (Å²) in [7, 11) is 0. The largest absolute Gasteiger partial charge is 0.357 e. The third-order valence-electron chi connectivity index (χ3n) is 3.15. The average molecular weight is 309 g/mol. The first-order valence-electron chi connectivity index (χ1n) is 7.33. The molecule has 0 bridgehead atoms. The standard InChI is InChI=1S/C14H23N5OS/c1-4-15-14(16-7-12(20)19-11-5-6-11)17-8-13-18-9(2)10(3)21-13/h11H,4-8H2,1-3H3,(H,19,20)(H2,15,16,17). The second-order valence-corrected chi connectivity index (χ2v) is 6.43. The monoisotopic (exact) mass is 309 g/mol. The van der Waals surface area contributed by atoms with Gasteiger partial charge in [0.25, 0.3) is 0 Å². The normalized spacial score (nSPS) is 14.9. The zero-order chi connectivity index (χ0) is 15.2. The van der Waals surface area contributed by atoms with Gasteiger partial charge in [-0.05, 0) is 33.6 Å². The molecule has 1 fully saturated rings. The Morgan fingerprint density at radius 3 is 2.71 bits per heavy atom. The van der Waals surface area contributed by atoms with E-state index in [4.69, 9.17) is 0 Å². The Morgan fingerprint density at radius 1 is 1.38 bits per heavy atom. The van der Waals surface area contributed by atoms with E-state index >= 15 is 0 Å². The Balaban J connectivity index is 1.83. The quantitative estimate of drug-likeness (QED) is 0.543. The summed E-state index contributed by atoms with van der Waals surface area (Å²) in [5, 5.41) is 10.3. The van der Waals surface area contributed by atoms with E-state index in [1.807, 2.05) is 13.8 Å². The predicted molar refractivity (Wildman–Crippen MR) is 85.6 cm³/mol. The average Bonchev–Trinajstić information content (AvgIpc) is 3.19. The van der Waals surface area contributed by atoms with Crippen molar-refractivity contribution in [1.82, 2.24) is 20.9 Å². The predicted octanol–water partition coefficient (Wildman–Crippen LogP) is 1.09. The Labute approximate surface area is 129 Å². The first kappa shape index (κ1) is 15.8. The minimum Gasteiger partial charge on any atom is -0.357 e. The molecule has 6 nitrogen and oxygen atoms in total. The van der Waals surface area contributed by atoms with Crippen LogP contribution in [0.15, 0.2) is 4.99 Å². The molecule has 1 aliphatic rings. The van der Waals surface area contributed by atoms with Gasteiger partial charge in [-0.3, -0.25) is 4.79 Å². The SMILES string of the molecule is CCNC(=NCC(=O)NC1CC1)NCc1nc(C)c(C)s1. The van der Waals surface area contributed by atoms with E-state index in [1.165, 1.54) is 4.88 Å². The summed E-state index contributed by atoms with van der Waals surface area (Å²) >= 11 is 1.68. The van der Waals surface area contributed by atoms with Crippen molar-refractivity contribution in [3.05, 3.63) is 15.6 Å². The van der Waals surface area contributed by atoms with Crippen molar-refractivity contribution in [2.24, 2.45) is 4.99 Å². The van der Waals surface area contributed by atoms with E-state index in [1.54, 1.807) is 11.3 Å². The van der Waals surface area contributed by atoms with Crippen LogP contribution in [-0.4, -0.2) is 36.0 Å². The van der Waals surface area contributed by atoms with Crippen LogP contribution >= 0.6 is 11.3 Å². The lowest BCUT2D eigenvalue weighted by atomic mass is 10.4. The van der Waals surface area contributed by atoms with Crippen molar-refractivity contribution in [2.45, 2.75) is 46.2 Å². The van der Waals surface area contributed by atoms with E-state index in [2.05, 4.69) is 32.9 Å². The molecule has 2 rings (SSSR count). The van der Waals surface area contributed by atoms with Gasteiger partial charge in [-0.15, -0.1) is 11.3 Å². The van der Waals surface area contributed by atoms with Crippen LogP contribution in [-0.2, 0) is 11.3 Å². The van der Waals surface area contributed by atoms with Gasteiger partial charge in [0.05, 0.1) is 12.2 Å². The summed E-state index contributed by atoms with van der Waals surface area (Å²) in [6, 6.07) is 0.379. The molecule has 1 aliphatic carbocycles. The number of aromatic nitrogens is 1. The fourth-order valence-electron chi connectivity index (χ4n) is 1.77. The molecule has 1 saturated carbocycles. The van der Waals surface area contributed by atoms with Gasteiger partial charge in [0.1, 0.15) is 11.6 Å². The van der Waals surface area contributed by atoms with Gasteiger partial charge < -0.3 is 16.0 Å². The summed E-state index contributed by atoms with van der Waals surface area (Å²) in [5.41, 5.74) is 1.07. The van der Waals surface area contributed by atoms with Crippen LogP contribution in [0.1, 0.15) is 35.3 Å². The maximum absolute atomic E-state index is 11.6. The molecule has 1 amide bonds. The molecular weight excluding hydrogens is 286 g/mol. The molecule has 0 unspecified atom stereocenters. The lowest BCUT2D eigenvalue weighted by Crippen LogP contribution is -2.38. The summed E-state index contributed by atoms with van der Waals surface area (Å²) < 4.78 is 0. The van der Waals surface area contributed by atoms with E-state index in [0.29, 0.717) is 18.5 Å². The topological polar surface area (TPSA) is 78.4 Å². The van der Waals surface area contributed by atoms with Crippen molar-refractivity contribution in [2.75, 3.05) is 13.1 Å². The second-order valence-electron chi connectivity index (χ2n) is 5.14. The summed E-state index contributed by atoms with van der Waals surface area (Å²) in [6.07, 6.45) is 2.19. The van der Waals surface area contributed by atoms with Crippen molar-refractivity contribution < 1.29 is 4.79 Å². The van der Waals surface area contributed by atoms with E-state index in [-0.39, 0.29) is 12.5 Å². The number of hydrogen-bond acceptors (Lipinski definition) is 4. The number of nitrogens with zero attached hydrogens (tertiary/aromatic N) is 2. The molecule has 0 aliphatic heterocycles. The van der Waals surface area contributed by atoms with Crippen LogP contribution in [0.2, 0.25) is 0 Å². The highest BCUT2D eigenvalue weighted by Crippen LogP contribution is 2.18. The number of guanidine groups is 1. The van der Waals surface area contributed by atoms with Crippen LogP contribution < -0.4 is 16.0 Å². The van der Waals surface area contributed by atoms with E-state index in [0.717, 1.165) is 30.1 Å². The molecule has 3 N–H and O–H groups in total. The van der Waals surface area contributed by atoms with Crippen LogP contribution in [0.4, 0.5) is 0 Å². The molecule has 1 heterocycles. The van der Waals surface area contributed by atoms with Gasteiger partial charge in [0.2, 0.25) is 5.91 Å². The minimum atomic E-state index is -0.0179. The number of nitrogens with one attached hydrogen (secondary N) is 3. The summed E-state index contributed by atoms with van der Waals surface area (Å²) in [4.78, 5) is 21.7. The maximum atomic E-state index is 11.6. The van der Waals surface area contributed by atoms with Crippen molar-refractivity contribution in [3.63, 3.8) is 0 Å². The van der Waals surface area contributed by atoms with E-state index in [9.17, 15) is 4.79 Å². The number of carbonyl (C=O) groups is 1. The fraction of sp³-hybridized carbons (Fsp3) is 0.643. The first-order chi connectivity index (χ1) is 10.1. The number of hydrogen-bond donors (Lipinski definition) is 3. The Morgan fingerprint density at radius 2 is 2.14 bits per heavy atom. The maximum Gasteiger partial charge on any atom is 0.242 e. The molecule has 0 radical (unpaired) electrons. The number of amides is 1. The molecule has 0 aromatic carbocycles. The second kappa shape index (κ2) is 7.40. The summed E-state index contributed by atoms with van der Waals surface area (Å²) in [6.45, 7) is 7.61. The Kier molecular flexibility index (Phi) is 5.55. The minimum absolute atomic E-state index is 0.0179. The van der Waals surface area contributed by atoms with Gasteiger partial charge in [-0.25, -0.2) is 9.98 Å². The molecule has 7 heteroatoms. The third kappa shape index (κ3) is 5.34. The van der Waals surface area contributed by atoms with Crippen LogP contribution in [0.3, 0.4) is 0 Å². The lowest BCUT2D eigenvalue weighted by Gasteiger charge is -2.10. The highest BCUT2D eigenvalue weighted by molar-refractivity contribution is 7.11. The van der Waals surface area contributed by atoms with Crippen LogP contribution in [0, 0.1) is 13.8 Å². The van der Waals surface area contributed by atoms with Crippen molar-refractivity contribution in [3.8, 4) is 0 Å². The molecule has 116 valence electrons. The molecular formula is C14H23N5OS. The Hall–Kier alpha value is -1.63. The zero-order valence-electron chi connectivity index (χ0n) is 12.8. The molecule has 21 heavy (non-hydrogen) atoms. The highest BCUT2D eigenvalue weighted by atomic mass is 32.1. The molecule has 1 aromatic heterocycles. The smallest absolute Gasteiger partial charge is 0.242 e. The molecule has 1 aromatic rings.